The molecular weight excluding hydrogens is 320 g/mol. The van der Waals surface area contributed by atoms with Crippen LogP contribution in [0.1, 0.15) is 52.9 Å². The first-order valence-corrected chi connectivity index (χ1v) is 9.65. The molecule has 2 N–H and O–H groups in total. The Morgan fingerprint density at radius 1 is 1.38 bits per heavy atom. The second-order valence-corrected chi connectivity index (χ2v) is 8.19. The second kappa shape index (κ2) is 6.69. The summed E-state index contributed by atoms with van der Waals surface area (Å²) < 4.78 is 0. The van der Waals surface area contributed by atoms with Gasteiger partial charge in [-0.1, -0.05) is 12.8 Å². The van der Waals surface area contributed by atoms with Crippen molar-refractivity contribution in [1.29, 1.82) is 0 Å². The zero-order chi connectivity index (χ0) is 16.5. The Bertz CT molecular complexity index is 716. The lowest BCUT2D eigenvalue weighted by Gasteiger charge is -2.33. The summed E-state index contributed by atoms with van der Waals surface area (Å²) in [4.78, 5) is 25.7. The van der Waals surface area contributed by atoms with E-state index in [4.69, 9.17) is 0 Å². The predicted molar refractivity (Wildman–Crippen MR) is 94.9 cm³/mol. The molecule has 0 bridgehead atoms. The summed E-state index contributed by atoms with van der Waals surface area (Å²) >= 11 is 1.79. The Morgan fingerprint density at radius 3 is 2.96 bits per heavy atom. The minimum Gasteiger partial charge on any atom is -0.348 e. The molecule has 0 aromatic carbocycles. The number of amides is 1. The maximum atomic E-state index is 13.4. The number of fused-ring (bicyclic) bond motifs is 1. The standard InChI is InChI=1S/C18H24N4OS/c1-12-6-7-14(24-12)10-22(13-4-2-3-5-13)18(23)17-16-15(8-9-19-17)20-11-21-16/h6-7,11,13,17,19H,2-5,8-10H2,1H3,(H,20,21)/t17-/m0/s1. The third-order valence-electron chi connectivity index (χ3n) is 5.17. The van der Waals surface area contributed by atoms with Crippen LogP contribution in [0.5, 0.6) is 0 Å². The molecule has 2 aromatic rings. The average molecular weight is 344 g/mol. The maximum Gasteiger partial charge on any atom is 0.246 e. The third kappa shape index (κ3) is 3.00. The quantitative estimate of drug-likeness (QED) is 0.896. The molecule has 24 heavy (non-hydrogen) atoms. The largest absolute Gasteiger partial charge is 0.348 e. The van der Waals surface area contributed by atoms with Crippen molar-refractivity contribution in [1.82, 2.24) is 20.2 Å². The van der Waals surface area contributed by atoms with E-state index >= 15 is 0 Å². The molecule has 1 fully saturated rings. The Hall–Kier alpha value is -1.66. The van der Waals surface area contributed by atoms with Gasteiger partial charge in [0.1, 0.15) is 6.04 Å². The van der Waals surface area contributed by atoms with Crippen molar-refractivity contribution in [3.63, 3.8) is 0 Å². The van der Waals surface area contributed by atoms with Crippen LogP contribution in [0.2, 0.25) is 0 Å². The van der Waals surface area contributed by atoms with Crippen molar-refractivity contribution in [3.05, 3.63) is 39.6 Å². The number of aromatic amines is 1. The minimum absolute atomic E-state index is 0.181. The molecular formula is C18H24N4OS. The fourth-order valence-electron chi connectivity index (χ4n) is 3.93. The van der Waals surface area contributed by atoms with Gasteiger partial charge >= 0.3 is 0 Å². The molecule has 1 atom stereocenters. The van der Waals surface area contributed by atoms with Gasteiger partial charge in [-0.05, 0) is 31.9 Å². The lowest BCUT2D eigenvalue weighted by atomic mass is 10.0. The number of imidazole rings is 1. The SMILES string of the molecule is Cc1ccc(CN(C(=O)[C@H]2NCCc3[nH]cnc32)C2CCCC2)s1. The van der Waals surface area contributed by atoms with Crippen molar-refractivity contribution >= 4 is 17.2 Å². The summed E-state index contributed by atoms with van der Waals surface area (Å²) in [6.45, 7) is 3.66. The number of H-pyrrole nitrogens is 1. The van der Waals surface area contributed by atoms with Crippen molar-refractivity contribution in [3.8, 4) is 0 Å². The Kier molecular flexibility index (Phi) is 4.41. The lowest BCUT2D eigenvalue weighted by molar-refractivity contribution is -0.136. The third-order valence-corrected chi connectivity index (χ3v) is 6.15. The van der Waals surface area contributed by atoms with E-state index in [9.17, 15) is 4.79 Å². The topological polar surface area (TPSA) is 61.0 Å². The molecule has 128 valence electrons. The van der Waals surface area contributed by atoms with Crippen molar-refractivity contribution in [2.75, 3.05) is 6.54 Å². The zero-order valence-electron chi connectivity index (χ0n) is 14.0. The van der Waals surface area contributed by atoms with Gasteiger partial charge in [0, 0.05) is 34.5 Å². The molecule has 1 aliphatic carbocycles. The number of hydrogen-bond acceptors (Lipinski definition) is 4. The molecule has 2 aromatic heterocycles. The van der Waals surface area contributed by atoms with Crippen molar-refractivity contribution in [2.24, 2.45) is 0 Å². The Morgan fingerprint density at radius 2 is 2.21 bits per heavy atom. The summed E-state index contributed by atoms with van der Waals surface area (Å²) in [5.74, 6) is 0.181. The van der Waals surface area contributed by atoms with Crippen LogP contribution < -0.4 is 5.32 Å². The molecule has 1 saturated carbocycles. The molecule has 4 rings (SSSR count). The number of carbonyl (C=O) groups is 1. The van der Waals surface area contributed by atoms with Crippen LogP contribution in [0.15, 0.2) is 18.5 Å². The van der Waals surface area contributed by atoms with Gasteiger partial charge in [-0.25, -0.2) is 4.98 Å². The number of aromatic nitrogens is 2. The Balaban J connectivity index is 1.60. The molecule has 3 heterocycles. The number of hydrogen-bond donors (Lipinski definition) is 2. The van der Waals surface area contributed by atoms with Crippen LogP contribution in [0.25, 0.3) is 0 Å². The van der Waals surface area contributed by atoms with Crippen molar-refractivity contribution < 1.29 is 4.79 Å². The number of nitrogens with zero attached hydrogens (tertiary/aromatic N) is 2. The number of nitrogens with one attached hydrogen (secondary N) is 2. The molecule has 1 amide bonds. The van der Waals surface area contributed by atoms with Crippen LogP contribution in [0.4, 0.5) is 0 Å². The van der Waals surface area contributed by atoms with E-state index < -0.39 is 0 Å². The number of rotatable bonds is 4. The van der Waals surface area contributed by atoms with Crippen LogP contribution >= 0.6 is 11.3 Å². The van der Waals surface area contributed by atoms with Gasteiger partial charge in [-0.15, -0.1) is 11.3 Å². The second-order valence-electron chi connectivity index (χ2n) is 6.82. The van der Waals surface area contributed by atoms with Crippen LogP contribution in [0, 0.1) is 6.92 Å². The first-order valence-electron chi connectivity index (χ1n) is 8.83. The van der Waals surface area contributed by atoms with Gasteiger partial charge in [0.05, 0.1) is 18.6 Å². The summed E-state index contributed by atoms with van der Waals surface area (Å²) in [7, 11) is 0. The number of aryl methyl sites for hydroxylation is 1. The van der Waals surface area contributed by atoms with E-state index in [0.29, 0.717) is 6.04 Å². The molecule has 5 nitrogen and oxygen atoms in total. The van der Waals surface area contributed by atoms with Crippen LogP contribution in [0.3, 0.4) is 0 Å². The highest BCUT2D eigenvalue weighted by atomic mass is 32.1. The summed E-state index contributed by atoms with van der Waals surface area (Å²) in [5.41, 5.74) is 1.99. The molecule has 0 saturated heterocycles. The van der Waals surface area contributed by atoms with Crippen LogP contribution in [-0.4, -0.2) is 33.4 Å². The monoisotopic (exact) mass is 344 g/mol. The Labute approximate surface area is 146 Å². The van der Waals surface area contributed by atoms with E-state index in [-0.39, 0.29) is 11.9 Å². The van der Waals surface area contributed by atoms with Crippen molar-refractivity contribution in [2.45, 2.75) is 57.7 Å². The molecule has 6 heteroatoms. The van der Waals surface area contributed by atoms with E-state index in [1.54, 1.807) is 17.7 Å². The average Bonchev–Trinajstić information content (AvgIpc) is 3.32. The molecule has 0 radical (unpaired) electrons. The summed E-state index contributed by atoms with van der Waals surface area (Å²) in [6, 6.07) is 4.36. The van der Waals surface area contributed by atoms with Gasteiger partial charge in [0.25, 0.3) is 0 Å². The van der Waals surface area contributed by atoms with E-state index in [1.807, 2.05) is 0 Å². The van der Waals surface area contributed by atoms with Gasteiger partial charge in [0.2, 0.25) is 5.91 Å². The normalized spacial score (nSPS) is 21.0. The van der Waals surface area contributed by atoms with Gasteiger partial charge < -0.3 is 15.2 Å². The fourth-order valence-corrected chi connectivity index (χ4v) is 4.82. The molecule has 0 unspecified atom stereocenters. The molecule has 1 aliphatic heterocycles. The highest BCUT2D eigenvalue weighted by molar-refractivity contribution is 7.11. The van der Waals surface area contributed by atoms with Gasteiger partial charge in [-0.2, -0.15) is 0 Å². The molecule has 2 aliphatic rings. The maximum absolute atomic E-state index is 13.4. The highest BCUT2D eigenvalue weighted by Gasteiger charge is 2.35. The zero-order valence-corrected chi connectivity index (χ0v) is 14.9. The highest BCUT2D eigenvalue weighted by Crippen LogP contribution is 2.30. The predicted octanol–water partition coefficient (Wildman–Crippen LogP) is 2.94. The lowest BCUT2D eigenvalue weighted by Crippen LogP contribution is -2.47. The smallest absolute Gasteiger partial charge is 0.246 e. The van der Waals surface area contributed by atoms with E-state index in [0.717, 1.165) is 43.7 Å². The van der Waals surface area contributed by atoms with E-state index in [1.165, 1.54) is 22.6 Å². The van der Waals surface area contributed by atoms with Crippen LogP contribution in [-0.2, 0) is 17.8 Å². The number of thiophene rings is 1. The fraction of sp³-hybridized carbons (Fsp3) is 0.556. The number of carbonyl (C=O) groups excluding carboxylic acids is 1. The van der Waals surface area contributed by atoms with Gasteiger partial charge in [0.15, 0.2) is 0 Å². The first-order chi connectivity index (χ1) is 11.7. The molecule has 0 spiro atoms. The first kappa shape index (κ1) is 15.8. The summed E-state index contributed by atoms with van der Waals surface area (Å²) in [6.07, 6.45) is 7.31. The van der Waals surface area contributed by atoms with Gasteiger partial charge in [-0.3, -0.25) is 4.79 Å². The van der Waals surface area contributed by atoms with E-state index in [2.05, 4.69) is 39.2 Å². The summed E-state index contributed by atoms with van der Waals surface area (Å²) in [5, 5.41) is 3.39. The minimum atomic E-state index is -0.304.